The lowest BCUT2D eigenvalue weighted by molar-refractivity contribution is -0.138. The van der Waals surface area contributed by atoms with Gasteiger partial charge in [-0.1, -0.05) is 6.07 Å². The molecule has 7 nitrogen and oxygen atoms in total. The van der Waals surface area contributed by atoms with Crippen LogP contribution in [0.25, 0.3) is 0 Å². The molecular weight excluding hydrogens is 334 g/mol. The van der Waals surface area contributed by atoms with Crippen LogP contribution in [0.5, 0.6) is 5.75 Å². The SMILES string of the molecule is COc1ccc2c(c1)CCC[C@]21NC(=O)N([C@H](C)C(=O)NC2CC2)C1=O. The van der Waals surface area contributed by atoms with E-state index in [0.717, 1.165) is 47.5 Å². The third kappa shape index (κ3) is 2.53. The summed E-state index contributed by atoms with van der Waals surface area (Å²) in [4.78, 5) is 39.4. The van der Waals surface area contributed by atoms with Gasteiger partial charge in [0, 0.05) is 6.04 Å². The zero-order chi connectivity index (χ0) is 18.5. The number of hydrogen-bond acceptors (Lipinski definition) is 4. The smallest absolute Gasteiger partial charge is 0.326 e. The van der Waals surface area contributed by atoms with Crippen LogP contribution in [-0.2, 0) is 21.5 Å². The first-order chi connectivity index (χ1) is 12.5. The van der Waals surface area contributed by atoms with E-state index >= 15 is 0 Å². The number of benzene rings is 1. The first kappa shape index (κ1) is 16.9. The summed E-state index contributed by atoms with van der Waals surface area (Å²) < 4.78 is 5.28. The summed E-state index contributed by atoms with van der Waals surface area (Å²) in [5.41, 5.74) is 0.729. The van der Waals surface area contributed by atoms with Crippen molar-refractivity contribution in [3.63, 3.8) is 0 Å². The Morgan fingerprint density at radius 1 is 1.38 bits per heavy atom. The largest absolute Gasteiger partial charge is 0.497 e. The molecule has 4 rings (SSSR count). The van der Waals surface area contributed by atoms with Crippen LogP contribution in [0.2, 0.25) is 0 Å². The van der Waals surface area contributed by atoms with Gasteiger partial charge in [-0.2, -0.15) is 0 Å². The number of aryl methyl sites for hydroxylation is 1. The maximum Gasteiger partial charge on any atom is 0.326 e. The number of amides is 4. The first-order valence-electron chi connectivity index (χ1n) is 9.10. The van der Waals surface area contributed by atoms with E-state index in [-0.39, 0.29) is 17.9 Å². The van der Waals surface area contributed by atoms with Crippen molar-refractivity contribution in [1.82, 2.24) is 15.5 Å². The standard InChI is InChI=1S/C19H23N3O4/c1-11(16(23)20-13-5-6-13)22-17(24)19(21-18(22)25)9-3-4-12-10-14(26-2)7-8-15(12)19/h7-8,10-11,13H,3-6,9H2,1-2H3,(H,20,23)(H,21,25)/t11-,19+/m1/s1. The number of methoxy groups -OCH3 is 1. The molecule has 1 aromatic carbocycles. The molecular formula is C19H23N3O4. The Morgan fingerprint density at radius 3 is 2.85 bits per heavy atom. The molecule has 26 heavy (non-hydrogen) atoms. The number of nitrogens with one attached hydrogen (secondary N) is 2. The van der Waals surface area contributed by atoms with Crippen LogP contribution < -0.4 is 15.4 Å². The molecule has 1 saturated carbocycles. The Morgan fingerprint density at radius 2 is 2.15 bits per heavy atom. The summed E-state index contributed by atoms with van der Waals surface area (Å²) in [5.74, 6) is 0.109. The van der Waals surface area contributed by atoms with Crippen molar-refractivity contribution in [3.8, 4) is 5.75 Å². The Bertz CT molecular complexity index is 789. The number of carbonyl (C=O) groups excluding carboxylic acids is 3. The Labute approximate surface area is 152 Å². The van der Waals surface area contributed by atoms with E-state index in [1.54, 1.807) is 20.1 Å². The van der Waals surface area contributed by atoms with E-state index in [2.05, 4.69) is 10.6 Å². The van der Waals surface area contributed by atoms with Gasteiger partial charge in [0.1, 0.15) is 17.3 Å². The summed E-state index contributed by atoms with van der Waals surface area (Å²) in [7, 11) is 1.60. The highest BCUT2D eigenvalue weighted by atomic mass is 16.5. The highest BCUT2D eigenvalue weighted by molar-refractivity contribution is 6.10. The molecule has 2 aliphatic carbocycles. The van der Waals surface area contributed by atoms with Gasteiger partial charge < -0.3 is 15.4 Å². The van der Waals surface area contributed by atoms with E-state index in [0.29, 0.717) is 6.42 Å². The first-order valence-corrected chi connectivity index (χ1v) is 9.10. The monoisotopic (exact) mass is 357 g/mol. The summed E-state index contributed by atoms with van der Waals surface area (Å²) in [6.45, 7) is 1.60. The number of imide groups is 1. The molecule has 3 aliphatic rings. The fourth-order valence-corrected chi connectivity index (χ4v) is 3.96. The highest BCUT2D eigenvalue weighted by Crippen LogP contribution is 2.41. The molecule has 2 fully saturated rings. The third-order valence-electron chi connectivity index (χ3n) is 5.58. The number of carbonyl (C=O) groups is 3. The topological polar surface area (TPSA) is 87.7 Å². The summed E-state index contributed by atoms with van der Waals surface area (Å²) in [6.07, 6.45) is 4.05. The summed E-state index contributed by atoms with van der Waals surface area (Å²) >= 11 is 0. The van der Waals surface area contributed by atoms with Crippen LogP contribution >= 0.6 is 0 Å². The van der Waals surface area contributed by atoms with E-state index in [4.69, 9.17) is 4.74 Å². The van der Waals surface area contributed by atoms with Crippen molar-refractivity contribution < 1.29 is 19.1 Å². The molecule has 0 aromatic heterocycles. The van der Waals surface area contributed by atoms with Gasteiger partial charge in [-0.25, -0.2) is 9.69 Å². The van der Waals surface area contributed by atoms with E-state index in [1.165, 1.54) is 0 Å². The molecule has 4 amide bonds. The van der Waals surface area contributed by atoms with Crippen molar-refractivity contribution in [2.24, 2.45) is 0 Å². The number of hydrogen-bond donors (Lipinski definition) is 2. The minimum atomic E-state index is -1.08. The lowest BCUT2D eigenvalue weighted by Crippen LogP contribution is -2.50. The van der Waals surface area contributed by atoms with Crippen LogP contribution in [0.1, 0.15) is 43.7 Å². The van der Waals surface area contributed by atoms with Gasteiger partial charge in [-0.05, 0) is 62.3 Å². The molecule has 138 valence electrons. The second-order valence-corrected chi connectivity index (χ2v) is 7.35. The zero-order valence-corrected chi connectivity index (χ0v) is 15.0. The minimum Gasteiger partial charge on any atom is -0.497 e. The number of rotatable bonds is 4. The van der Waals surface area contributed by atoms with Crippen molar-refractivity contribution in [2.45, 2.75) is 56.7 Å². The molecule has 1 saturated heterocycles. The summed E-state index contributed by atoms with van der Waals surface area (Å²) in [5, 5.41) is 5.75. The van der Waals surface area contributed by atoms with Crippen LogP contribution in [0.4, 0.5) is 4.79 Å². The quantitative estimate of drug-likeness (QED) is 0.799. The molecule has 1 spiro atoms. The van der Waals surface area contributed by atoms with Gasteiger partial charge in [0.25, 0.3) is 5.91 Å². The molecule has 1 aliphatic heterocycles. The molecule has 2 atom stereocenters. The van der Waals surface area contributed by atoms with E-state index in [1.807, 2.05) is 12.1 Å². The fraction of sp³-hybridized carbons (Fsp3) is 0.526. The van der Waals surface area contributed by atoms with Crippen LogP contribution in [0.3, 0.4) is 0 Å². The molecule has 7 heteroatoms. The van der Waals surface area contributed by atoms with Gasteiger partial charge in [0.05, 0.1) is 7.11 Å². The van der Waals surface area contributed by atoms with Gasteiger partial charge in [0.2, 0.25) is 5.91 Å². The van der Waals surface area contributed by atoms with Crippen LogP contribution in [0.15, 0.2) is 18.2 Å². The number of fused-ring (bicyclic) bond motifs is 2. The summed E-state index contributed by atoms with van der Waals surface area (Å²) in [6, 6.07) is 4.42. The average molecular weight is 357 g/mol. The molecule has 1 heterocycles. The molecule has 1 aromatic rings. The lowest BCUT2D eigenvalue weighted by atomic mass is 9.76. The maximum absolute atomic E-state index is 13.3. The second-order valence-electron chi connectivity index (χ2n) is 7.35. The molecule has 0 bridgehead atoms. The van der Waals surface area contributed by atoms with Crippen molar-refractivity contribution in [3.05, 3.63) is 29.3 Å². The highest BCUT2D eigenvalue weighted by Gasteiger charge is 2.56. The van der Waals surface area contributed by atoms with Gasteiger partial charge in [-0.15, -0.1) is 0 Å². The zero-order valence-electron chi connectivity index (χ0n) is 15.0. The van der Waals surface area contributed by atoms with Crippen LogP contribution in [-0.4, -0.2) is 41.9 Å². The average Bonchev–Trinajstić information content (AvgIpc) is 3.41. The lowest BCUT2D eigenvalue weighted by Gasteiger charge is -2.34. The number of nitrogens with zero attached hydrogens (tertiary/aromatic N) is 1. The third-order valence-corrected chi connectivity index (χ3v) is 5.58. The van der Waals surface area contributed by atoms with Crippen molar-refractivity contribution in [1.29, 1.82) is 0 Å². The fourth-order valence-electron chi connectivity index (χ4n) is 3.96. The number of urea groups is 1. The second kappa shape index (κ2) is 6.00. The van der Waals surface area contributed by atoms with E-state index in [9.17, 15) is 14.4 Å². The predicted octanol–water partition coefficient (Wildman–Crippen LogP) is 1.45. The van der Waals surface area contributed by atoms with E-state index < -0.39 is 17.6 Å². The van der Waals surface area contributed by atoms with Crippen LogP contribution in [0, 0.1) is 0 Å². The van der Waals surface area contributed by atoms with Gasteiger partial charge in [0.15, 0.2) is 0 Å². The maximum atomic E-state index is 13.3. The normalized spacial score (nSPS) is 25.7. The predicted molar refractivity (Wildman–Crippen MR) is 93.6 cm³/mol. The van der Waals surface area contributed by atoms with Crippen molar-refractivity contribution >= 4 is 17.8 Å². The Balaban J connectivity index is 1.66. The van der Waals surface area contributed by atoms with Gasteiger partial charge in [-0.3, -0.25) is 9.59 Å². The van der Waals surface area contributed by atoms with Gasteiger partial charge >= 0.3 is 6.03 Å². The Kier molecular flexibility index (Phi) is 3.89. The van der Waals surface area contributed by atoms with Crippen molar-refractivity contribution in [2.75, 3.05) is 7.11 Å². The molecule has 2 N–H and O–H groups in total. The number of ether oxygens (including phenoxy) is 1. The molecule has 0 unspecified atom stereocenters. The minimum absolute atomic E-state index is 0.183. The molecule has 0 radical (unpaired) electrons. The Hall–Kier alpha value is -2.57.